The van der Waals surface area contributed by atoms with Gasteiger partial charge in [-0.1, -0.05) is 91.3 Å². The Morgan fingerprint density at radius 1 is 0.629 bits per heavy atom. The molecule has 0 radical (unpaired) electrons. The molecule has 5 rings (SSSR count). The Kier molecular flexibility index (Phi) is 7.29. The standard InChI is InChI=1S/C33H32O2/c1-2-34-30-20-16-28(17-21-30)33(32(27-14-9-15-27)26-12-7-4-8-13-26)29-18-22-31(23-19-29)35-24-25-10-5-3-6-11-25/h3-8,10-13,16-23,27H,2,9,14-15,24H2,1H3/b33-32+. The van der Waals surface area contributed by atoms with Crippen molar-refractivity contribution in [2.45, 2.75) is 32.8 Å². The van der Waals surface area contributed by atoms with Crippen LogP contribution in [0.15, 0.2) is 109 Å². The summed E-state index contributed by atoms with van der Waals surface area (Å²) in [6, 6.07) is 38.3. The van der Waals surface area contributed by atoms with E-state index >= 15 is 0 Å². The van der Waals surface area contributed by atoms with Gasteiger partial charge in [-0.3, -0.25) is 0 Å². The van der Waals surface area contributed by atoms with E-state index in [0.29, 0.717) is 19.1 Å². The zero-order valence-corrected chi connectivity index (χ0v) is 20.3. The Morgan fingerprint density at radius 2 is 1.17 bits per heavy atom. The summed E-state index contributed by atoms with van der Waals surface area (Å²) in [6.45, 7) is 3.26. The average Bonchev–Trinajstić information content (AvgIpc) is 2.89. The Morgan fingerprint density at radius 3 is 1.69 bits per heavy atom. The van der Waals surface area contributed by atoms with Crippen molar-refractivity contribution in [1.82, 2.24) is 0 Å². The van der Waals surface area contributed by atoms with E-state index in [1.807, 2.05) is 25.1 Å². The fraction of sp³-hybridized carbons (Fsp3) is 0.212. The second-order valence-electron chi connectivity index (χ2n) is 9.04. The maximum Gasteiger partial charge on any atom is 0.119 e. The maximum atomic E-state index is 6.07. The van der Waals surface area contributed by atoms with Crippen LogP contribution in [0.4, 0.5) is 0 Å². The van der Waals surface area contributed by atoms with Crippen LogP contribution in [-0.4, -0.2) is 6.61 Å². The van der Waals surface area contributed by atoms with E-state index in [0.717, 1.165) is 11.5 Å². The van der Waals surface area contributed by atoms with Crippen molar-refractivity contribution in [1.29, 1.82) is 0 Å². The van der Waals surface area contributed by atoms with Crippen molar-refractivity contribution >= 4 is 11.1 Å². The van der Waals surface area contributed by atoms with E-state index in [-0.39, 0.29) is 0 Å². The second kappa shape index (κ2) is 11.1. The summed E-state index contributed by atoms with van der Waals surface area (Å²) < 4.78 is 11.8. The van der Waals surface area contributed by atoms with Gasteiger partial charge in [0.1, 0.15) is 18.1 Å². The minimum absolute atomic E-state index is 0.569. The quantitative estimate of drug-likeness (QED) is 0.233. The predicted molar refractivity (Wildman–Crippen MR) is 145 cm³/mol. The smallest absolute Gasteiger partial charge is 0.119 e. The highest BCUT2D eigenvalue weighted by molar-refractivity contribution is 5.99. The molecule has 1 saturated carbocycles. The average molecular weight is 461 g/mol. The largest absolute Gasteiger partial charge is 0.494 e. The summed E-state index contributed by atoms with van der Waals surface area (Å²) in [6.07, 6.45) is 3.77. The monoisotopic (exact) mass is 460 g/mol. The summed E-state index contributed by atoms with van der Waals surface area (Å²) in [5.41, 5.74) is 7.66. The number of hydrogen-bond acceptors (Lipinski definition) is 2. The maximum absolute atomic E-state index is 6.07. The van der Waals surface area contributed by atoms with Gasteiger partial charge in [0.05, 0.1) is 6.61 Å². The van der Waals surface area contributed by atoms with Crippen molar-refractivity contribution in [2.24, 2.45) is 5.92 Å². The highest BCUT2D eigenvalue weighted by Gasteiger charge is 2.27. The summed E-state index contributed by atoms with van der Waals surface area (Å²) in [5.74, 6) is 2.37. The van der Waals surface area contributed by atoms with Gasteiger partial charge >= 0.3 is 0 Å². The van der Waals surface area contributed by atoms with Gasteiger partial charge in [0.2, 0.25) is 0 Å². The summed E-state index contributed by atoms with van der Waals surface area (Å²) in [5, 5.41) is 0. The lowest BCUT2D eigenvalue weighted by atomic mass is 9.73. The Hall–Kier alpha value is -3.78. The van der Waals surface area contributed by atoms with Gasteiger partial charge in [-0.25, -0.2) is 0 Å². The fourth-order valence-electron chi connectivity index (χ4n) is 4.72. The van der Waals surface area contributed by atoms with Gasteiger partial charge in [-0.15, -0.1) is 0 Å². The number of allylic oxidation sites excluding steroid dienone is 1. The Labute approximate surface area is 208 Å². The van der Waals surface area contributed by atoms with Crippen LogP contribution in [0.2, 0.25) is 0 Å². The lowest BCUT2D eigenvalue weighted by Gasteiger charge is -2.31. The molecule has 0 aromatic heterocycles. The molecule has 1 fully saturated rings. The molecule has 0 aliphatic heterocycles. The molecule has 0 atom stereocenters. The van der Waals surface area contributed by atoms with Crippen LogP contribution >= 0.6 is 0 Å². The summed E-state index contributed by atoms with van der Waals surface area (Å²) in [4.78, 5) is 0. The number of benzene rings is 4. The molecule has 0 amide bonds. The lowest BCUT2D eigenvalue weighted by molar-refractivity contribution is 0.306. The summed E-state index contributed by atoms with van der Waals surface area (Å²) >= 11 is 0. The molecule has 0 heterocycles. The molecule has 0 spiro atoms. The highest BCUT2D eigenvalue weighted by atomic mass is 16.5. The second-order valence-corrected chi connectivity index (χ2v) is 9.04. The van der Waals surface area contributed by atoms with Crippen LogP contribution in [0.1, 0.15) is 48.4 Å². The van der Waals surface area contributed by atoms with Gasteiger partial charge in [-0.05, 0) is 83.3 Å². The van der Waals surface area contributed by atoms with Crippen molar-refractivity contribution in [2.75, 3.05) is 6.61 Å². The SMILES string of the molecule is CCOc1ccc(/C(=C(/c2ccccc2)C2CCC2)c2ccc(OCc3ccccc3)cc2)cc1. The van der Waals surface area contributed by atoms with E-state index in [1.165, 1.54) is 52.7 Å². The van der Waals surface area contributed by atoms with Gasteiger partial charge in [-0.2, -0.15) is 0 Å². The first-order chi connectivity index (χ1) is 17.3. The topological polar surface area (TPSA) is 18.5 Å². The minimum atomic E-state index is 0.569. The molecule has 2 heteroatoms. The zero-order chi connectivity index (χ0) is 23.9. The normalized spacial score (nSPS) is 14.1. The van der Waals surface area contributed by atoms with E-state index in [2.05, 4.69) is 91.0 Å². The lowest BCUT2D eigenvalue weighted by Crippen LogP contribution is -2.15. The van der Waals surface area contributed by atoms with Gasteiger partial charge in [0.15, 0.2) is 0 Å². The van der Waals surface area contributed by atoms with Crippen LogP contribution in [0.3, 0.4) is 0 Å². The molecular formula is C33H32O2. The van der Waals surface area contributed by atoms with Crippen molar-refractivity contribution in [3.05, 3.63) is 131 Å². The predicted octanol–water partition coefficient (Wildman–Crippen LogP) is 8.42. The van der Waals surface area contributed by atoms with Crippen LogP contribution in [0.25, 0.3) is 11.1 Å². The summed E-state index contributed by atoms with van der Waals surface area (Å²) in [7, 11) is 0. The third-order valence-corrected chi connectivity index (χ3v) is 6.71. The number of ether oxygens (including phenoxy) is 2. The van der Waals surface area contributed by atoms with E-state index in [1.54, 1.807) is 0 Å². The molecule has 0 saturated heterocycles. The van der Waals surface area contributed by atoms with E-state index in [4.69, 9.17) is 9.47 Å². The third kappa shape index (κ3) is 5.49. The minimum Gasteiger partial charge on any atom is -0.494 e. The van der Waals surface area contributed by atoms with Crippen molar-refractivity contribution in [3.8, 4) is 11.5 Å². The van der Waals surface area contributed by atoms with Crippen LogP contribution in [-0.2, 0) is 6.61 Å². The third-order valence-electron chi connectivity index (χ3n) is 6.71. The highest BCUT2D eigenvalue weighted by Crippen LogP contribution is 2.45. The number of hydrogen-bond donors (Lipinski definition) is 0. The molecule has 2 nitrogen and oxygen atoms in total. The van der Waals surface area contributed by atoms with Gasteiger partial charge < -0.3 is 9.47 Å². The first-order valence-electron chi connectivity index (χ1n) is 12.6. The molecule has 0 bridgehead atoms. The molecule has 0 N–H and O–H groups in total. The molecule has 35 heavy (non-hydrogen) atoms. The first kappa shape index (κ1) is 23.0. The molecule has 4 aromatic carbocycles. The van der Waals surface area contributed by atoms with Gasteiger partial charge in [0, 0.05) is 0 Å². The van der Waals surface area contributed by atoms with Crippen molar-refractivity contribution in [3.63, 3.8) is 0 Å². The Balaban J connectivity index is 1.53. The van der Waals surface area contributed by atoms with Crippen LogP contribution in [0, 0.1) is 5.92 Å². The first-order valence-corrected chi connectivity index (χ1v) is 12.6. The molecule has 4 aromatic rings. The van der Waals surface area contributed by atoms with E-state index in [9.17, 15) is 0 Å². The molecule has 1 aliphatic rings. The molecular weight excluding hydrogens is 428 g/mol. The molecule has 1 aliphatic carbocycles. The van der Waals surface area contributed by atoms with Crippen LogP contribution < -0.4 is 9.47 Å². The zero-order valence-electron chi connectivity index (χ0n) is 20.3. The van der Waals surface area contributed by atoms with E-state index < -0.39 is 0 Å². The number of rotatable bonds is 9. The van der Waals surface area contributed by atoms with Gasteiger partial charge in [0.25, 0.3) is 0 Å². The fourth-order valence-corrected chi connectivity index (χ4v) is 4.72. The Bertz CT molecular complexity index is 1240. The van der Waals surface area contributed by atoms with Crippen molar-refractivity contribution < 1.29 is 9.47 Å². The van der Waals surface area contributed by atoms with Crippen LogP contribution in [0.5, 0.6) is 11.5 Å². The molecule has 0 unspecified atom stereocenters. The molecule has 176 valence electrons.